The van der Waals surface area contributed by atoms with Gasteiger partial charge in [-0.25, -0.2) is 4.98 Å². The minimum Gasteiger partial charge on any atom is -0.464 e. The fourth-order valence-electron chi connectivity index (χ4n) is 5.73. The van der Waals surface area contributed by atoms with Gasteiger partial charge in [-0.3, -0.25) is 4.57 Å². The number of nitrogens with zero attached hydrogens (tertiary/aromatic N) is 2. The van der Waals surface area contributed by atoms with Crippen LogP contribution in [-0.4, -0.2) is 9.55 Å². The average molecular weight is 533 g/mol. The number of furan rings is 1. The van der Waals surface area contributed by atoms with Crippen molar-refractivity contribution in [3.63, 3.8) is 0 Å². The van der Waals surface area contributed by atoms with Crippen LogP contribution in [0.2, 0.25) is 0 Å². The van der Waals surface area contributed by atoms with Crippen molar-refractivity contribution in [2.75, 3.05) is 0 Å². The summed E-state index contributed by atoms with van der Waals surface area (Å²) in [6.07, 6.45) is 1.86. The largest absolute Gasteiger partial charge is 0.464 e. The van der Waals surface area contributed by atoms with Crippen molar-refractivity contribution < 1.29 is 4.42 Å². The zero-order chi connectivity index (χ0) is 28.1. The summed E-state index contributed by atoms with van der Waals surface area (Å²) < 4.78 is 8.43. The van der Waals surface area contributed by atoms with Gasteiger partial charge in [0, 0.05) is 16.5 Å². The Hall–Kier alpha value is -4.89. The molecule has 0 saturated carbocycles. The summed E-state index contributed by atoms with van der Waals surface area (Å²) in [7, 11) is 0. The van der Waals surface area contributed by atoms with E-state index in [2.05, 4.69) is 141 Å². The van der Waals surface area contributed by atoms with Crippen LogP contribution in [0.5, 0.6) is 0 Å². The molecule has 0 radical (unpaired) electrons. The van der Waals surface area contributed by atoms with E-state index in [1.807, 2.05) is 12.3 Å². The van der Waals surface area contributed by atoms with E-state index in [1.54, 1.807) is 0 Å². The molecular formula is C38H32N2O. The normalized spacial score (nSPS) is 11.9. The van der Waals surface area contributed by atoms with Crippen molar-refractivity contribution in [2.45, 2.75) is 33.1 Å². The molecule has 0 saturated heterocycles. The number of imidazole rings is 1. The summed E-state index contributed by atoms with van der Waals surface area (Å²) in [5.74, 6) is 0.869. The third-order valence-corrected chi connectivity index (χ3v) is 7.90. The highest BCUT2D eigenvalue weighted by Gasteiger charge is 2.26. The third kappa shape index (κ3) is 4.35. The first-order chi connectivity index (χ1) is 19.9. The Bertz CT molecular complexity index is 1960. The van der Waals surface area contributed by atoms with Crippen molar-refractivity contribution in [1.29, 1.82) is 0 Å². The van der Waals surface area contributed by atoms with Crippen LogP contribution in [0, 0.1) is 6.92 Å². The number of hydrogen-bond acceptors (Lipinski definition) is 2. The predicted molar refractivity (Wildman–Crippen MR) is 171 cm³/mol. The lowest BCUT2D eigenvalue weighted by molar-refractivity contribution is 0.590. The van der Waals surface area contributed by atoms with E-state index >= 15 is 0 Å². The number of rotatable bonds is 4. The molecule has 0 unspecified atom stereocenters. The molecule has 0 atom stereocenters. The Balaban J connectivity index is 1.67. The molecule has 0 N–H and O–H groups in total. The molecule has 41 heavy (non-hydrogen) atoms. The van der Waals surface area contributed by atoms with E-state index in [4.69, 9.17) is 9.40 Å². The van der Waals surface area contributed by atoms with Crippen LogP contribution in [0.1, 0.15) is 31.9 Å². The average Bonchev–Trinajstić information content (AvgIpc) is 3.58. The van der Waals surface area contributed by atoms with Gasteiger partial charge in [0.05, 0.1) is 22.3 Å². The van der Waals surface area contributed by atoms with Crippen LogP contribution in [0.4, 0.5) is 0 Å². The van der Waals surface area contributed by atoms with Crippen LogP contribution in [0.3, 0.4) is 0 Å². The lowest BCUT2D eigenvalue weighted by Gasteiger charge is -2.26. The maximum absolute atomic E-state index is 6.09. The first kappa shape index (κ1) is 25.1. The van der Waals surface area contributed by atoms with Gasteiger partial charge in [0.1, 0.15) is 17.7 Å². The van der Waals surface area contributed by atoms with Gasteiger partial charge >= 0.3 is 0 Å². The van der Waals surface area contributed by atoms with E-state index in [-0.39, 0.29) is 5.41 Å². The second kappa shape index (κ2) is 9.64. The lowest BCUT2D eigenvalue weighted by atomic mass is 9.82. The molecule has 0 aliphatic rings. The molecular weight excluding hydrogens is 500 g/mol. The molecule has 5 aromatic carbocycles. The van der Waals surface area contributed by atoms with Crippen molar-refractivity contribution in [3.8, 4) is 39.3 Å². The van der Waals surface area contributed by atoms with E-state index in [0.717, 1.165) is 39.1 Å². The molecule has 200 valence electrons. The van der Waals surface area contributed by atoms with Gasteiger partial charge in [-0.1, -0.05) is 105 Å². The Morgan fingerprint density at radius 1 is 0.659 bits per heavy atom. The van der Waals surface area contributed by atoms with Gasteiger partial charge in [-0.05, 0) is 65.4 Å². The van der Waals surface area contributed by atoms with Crippen molar-refractivity contribution >= 4 is 22.0 Å². The monoisotopic (exact) mass is 532 g/mol. The van der Waals surface area contributed by atoms with Crippen molar-refractivity contribution in [1.82, 2.24) is 9.55 Å². The summed E-state index contributed by atoms with van der Waals surface area (Å²) in [5, 5.41) is 1.07. The van der Waals surface area contributed by atoms with E-state index in [0.29, 0.717) is 0 Å². The Kier molecular flexibility index (Phi) is 5.90. The van der Waals surface area contributed by atoms with Crippen LogP contribution in [0.25, 0.3) is 61.3 Å². The minimum absolute atomic E-state index is 0.0380. The maximum atomic E-state index is 6.09. The summed E-state index contributed by atoms with van der Waals surface area (Å²) in [5.41, 5.74) is 12.1. The molecule has 2 aromatic heterocycles. The fourth-order valence-corrected chi connectivity index (χ4v) is 5.73. The van der Waals surface area contributed by atoms with Gasteiger partial charge in [-0.15, -0.1) is 0 Å². The molecule has 3 heteroatoms. The van der Waals surface area contributed by atoms with Gasteiger partial charge in [0.2, 0.25) is 0 Å². The molecule has 7 aromatic rings. The van der Waals surface area contributed by atoms with E-state index in [9.17, 15) is 0 Å². The zero-order valence-electron chi connectivity index (χ0n) is 23.8. The van der Waals surface area contributed by atoms with Crippen LogP contribution in [0.15, 0.2) is 126 Å². The number of fused-ring (bicyclic) bond motifs is 2. The standard InChI is InChI=1S/C38H32N2O/c1-25-19-20-35-31(21-25)32(24-41-35)37-39-33-17-11-12-18-34(33)40(37)36-29(26-13-7-5-8-14-26)22-28(38(2,3)4)23-30(36)27-15-9-6-10-16-27/h5-24H,1-4H3. The fraction of sp³-hybridized carbons (Fsp3) is 0.132. The van der Waals surface area contributed by atoms with Gasteiger partial charge < -0.3 is 4.42 Å². The van der Waals surface area contributed by atoms with Gasteiger partial charge in [-0.2, -0.15) is 0 Å². The Morgan fingerprint density at radius 2 is 1.27 bits per heavy atom. The summed E-state index contributed by atoms with van der Waals surface area (Å²) in [4.78, 5) is 5.26. The van der Waals surface area contributed by atoms with Crippen LogP contribution in [-0.2, 0) is 5.41 Å². The maximum Gasteiger partial charge on any atom is 0.149 e. The molecule has 0 amide bonds. The number of aromatic nitrogens is 2. The highest BCUT2D eigenvalue weighted by Crippen LogP contribution is 2.44. The molecule has 2 heterocycles. The van der Waals surface area contributed by atoms with Gasteiger partial charge in [0.15, 0.2) is 0 Å². The quantitative estimate of drug-likeness (QED) is 0.226. The predicted octanol–water partition coefficient (Wildman–Crippen LogP) is 10.4. The SMILES string of the molecule is Cc1ccc2occ(-c3nc4ccccc4n3-c3c(-c4ccccc4)cc(C(C)(C)C)cc3-c3ccccc3)c2c1. The molecule has 0 spiro atoms. The van der Waals surface area contributed by atoms with E-state index in [1.165, 1.54) is 33.4 Å². The summed E-state index contributed by atoms with van der Waals surface area (Å²) in [6.45, 7) is 8.96. The second-order valence-electron chi connectivity index (χ2n) is 11.8. The Morgan fingerprint density at radius 3 is 1.90 bits per heavy atom. The van der Waals surface area contributed by atoms with Gasteiger partial charge in [0.25, 0.3) is 0 Å². The highest BCUT2D eigenvalue weighted by atomic mass is 16.3. The Labute approximate surface area is 240 Å². The number of hydrogen-bond donors (Lipinski definition) is 0. The zero-order valence-corrected chi connectivity index (χ0v) is 23.8. The molecule has 0 aliphatic heterocycles. The molecule has 0 aliphatic carbocycles. The van der Waals surface area contributed by atoms with Crippen molar-refractivity contribution in [2.24, 2.45) is 0 Å². The summed E-state index contributed by atoms with van der Waals surface area (Å²) >= 11 is 0. The molecule has 0 fully saturated rings. The number of para-hydroxylation sites is 2. The highest BCUT2D eigenvalue weighted by molar-refractivity contribution is 5.98. The van der Waals surface area contributed by atoms with Crippen LogP contribution >= 0.6 is 0 Å². The lowest BCUT2D eigenvalue weighted by Crippen LogP contribution is -2.13. The first-order valence-electron chi connectivity index (χ1n) is 14.1. The van der Waals surface area contributed by atoms with Crippen molar-refractivity contribution in [3.05, 3.63) is 133 Å². The molecule has 7 rings (SSSR count). The second-order valence-corrected chi connectivity index (χ2v) is 11.8. The summed E-state index contributed by atoms with van der Waals surface area (Å²) in [6, 6.07) is 40.9. The molecule has 0 bridgehead atoms. The minimum atomic E-state index is -0.0380. The van der Waals surface area contributed by atoms with E-state index < -0.39 is 0 Å². The van der Waals surface area contributed by atoms with Crippen LogP contribution < -0.4 is 0 Å². The first-order valence-corrected chi connectivity index (χ1v) is 14.1. The number of aryl methyl sites for hydroxylation is 1. The smallest absolute Gasteiger partial charge is 0.149 e. The number of benzene rings is 5. The molecule has 3 nitrogen and oxygen atoms in total. The third-order valence-electron chi connectivity index (χ3n) is 7.90. The topological polar surface area (TPSA) is 31.0 Å².